The summed E-state index contributed by atoms with van der Waals surface area (Å²) in [6.07, 6.45) is 16.1. The van der Waals surface area contributed by atoms with Crippen molar-refractivity contribution in [3.63, 3.8) is 0 Å². The minimum absolute atomic E-state index is 0.0984. The fraction of sp³-hybridized carbons (Fsp3) is 1.00. The fourth-order valence-corrected chi connectivity index (χ4v) is 2.55. The van der Waals surface area contributed by atoms with E-state index in [-0.39, 0.29) is 12.7 Å². The summed E-state index contributed by atoms with van der Waals surface area (Å²) < 4.78 is 0. The van der Waals surface area contributed by atoms with Crippen molar-refractivity contribution >= 4 is 0 Å². The van der Waals surface area contributed by atoms with Crippen LogP contribution in [-0.2, 0) is 0 Å². The van der Waals surface area contributed by atoms with Gasteiger partial charge >= 0.3 is 0 Å². The molecule has 0 radical (unpaired) electrons. The van der Waals surface area contributed by atoms with Gasteiger partial charge in [-0.25, -0.2) is 0 Å². The molecule has 0 heterocycles. The first-order valence-corrected chi connectivity index (χ1v) is 8.71. The quantitative estimate of drug-likeness (QED) is 0.379. The van der Waals surface area contributed by atoms with E-state index in [0.717, 1.165) is 19.3 Å². The Morgan fingerprint density at radius 2 is 0.850 bits per heavy atom. The van der Waals surface area contributed by atoms with Crippen LogP contribution in [0.3, 0.4) is 0 Å². The molecular formula is C17H36O3. The average molecular weight is 288 g/mol. The maximum atomic E-state index is 9.45. The van der Waals surface area contributed by atoms with E-state index >= 15 is 0 Å². The third-order valence-electron chi connectivity index (χ3n) is 3.91. The Labute approximate surface area is 125 Å². The predicted molar refractivity (Wildman–Crippen MR) is 84.8 cm³/mol. The topological polar surface area (TPSA) is 60.7 Å². The second kappa shape index (κ2) is 16.9. The molecule has 0 aromatic heterocycles. The number of hydrogen-bond donors (Lipinski definition) is 3. The third kappa shape index (κ3) is 15.9. The number of unbranched alkanes of at least 4 members (excludes halogenated alkanes) is 11. The normalized spacial score (nSPS) is 12.8. The van der Waals surface area contributed by atoms with Crippen LogP contribution in [0.1, 0.15) is 89.9 Å². The van der Waals surface area contributed by atoms with Crippen molar-refractivity contribution in [1.82, 2.24) is 0 Å². The average Bonchev–Trinajstić information content (AvgIpc) is 2.44. The monoisotopic (exact) mass is 288 g/mol. The summed E-state index contributed by atoms with van der Waals surface area (Å²) >= 11 is 0. The first-order valence-electron chi connectivity index (χ1n) is 8.71. The van der Waals surface area contributed by atoms with Crippen LogP contribution < -0.4 is 0 Å². The zero-order valence-corrected chi connectivity index (χ0v) is 13.2. The zero-order valence-electron chi connectivity index (χ0n) is 13.2. The van der Waals surface area contributed by atoms with E-state index in [2.05, 4.69) is 0 Å². The van der Waals surface area contributed by atoms with Gasteiger partial charge in [0.1, 0.15) is 0 Å². The van der Waals surface area contributed by atoms with Crippen molar-refractivity contribution in [2.24, 2.45) is 0 Å². The largest absolute Gasteiger partial charge is 0.396 e. The molecule has 1 atom stereocenters. The highest BCUT2D eigenvalue weighted by molar-refractivity contribution is 4.55. The van der Waals surface area contributed by atoms with E-state index < -0.39 is 0 Å². The van der Waals surface area contributed by atoms with E-state index in [1.54, 1.807) is 0 Å². The van der Waals surface area contributed by atoms with Gasteiger partial charge in [0.2, 0.25) is 0 Å². The number of aliphatic hydroxyl groups excluding tert-OH is 3. The third-order valence-corrected chi connectivity index (χ3v) is 3.91. The second-order valence-electron chi connectivity index (χ2n) is 5.92. The fourth-order valence-electron chi connectivity index (χ4n) is 2.55. The molecule has 0 fully saturated rings. The van der Waals surface area contributed by atoms with Gasteiger partial charge in [0.25, 0.3) is 0 Å². The molecule has 20 heavy (non-hydrogen) atoms. The number of hydrogen-bond acceptors (Lipinski definition) is 3. The molecule has 0 aliphatic carbocycles. The van der Waals surface area contributed by atoms with Crippen molar-refractivity contribution < 1.29 is 15.3 Å². The summed E-state index contributed by atoms with van der Waals surface area (Å²) in [4.78, 5) is 0. The van der Waals surface area contributed by atoms with Crippen molar-refractivity contribution in [3.05, 3.63) is 0 Å². The Bertz CT molecular complexity index is 174. The summed E-state index contributed by atoms with van der Waals surface area (Å²) in [5, 5.41) is 26.8. The van der Waals surface area contributed by atoms with E-state index in [1.807, 2.05) is 0 Å². The van der Waals surface area contributed by atoms with Gasteiger partial charge in [-0.15, -0.1) is 0 Å². The number of aliphatic hydroxyl groups is 3. The van der Waals surface area contributed by atoms with Crippen molar-refractivity contribution in [2.45, 2.75) is 96.0 Å². The highest BCUT2D eigenvalue weighted by atomic mass is 16.3. The summed E-state index contributed by atoms with van der Waals surface area (Å²) in [5.74, 6) is 0. The molecule has 122 valence electrons. The lowest BCUT2D eigenvalue weighted by molar-refractivity contribution is 0.122. The summed E-state index contributed by atoms with van der Waals surface area (Å²) in [7, 11) is 0. The molecule has 3 N–H and O–H groups in total. The lowest BCUT2D eigenvalue weighted by Gasteiger charge is -2.08. The predicted octanol–water partition coefficient (Wildman–Crippen LogP) is 3.79. The van der Waals surface area contributed by atoms with Crippen LogP contribution in [-0.4, -0.2) is 34.6 Å². The van der Waals surface area contributed by atoms with Gasteiger partial charge < -0.3 is 15.3 Å². The van der Waals surface area contributed by atoms with Crippen LogP contribution in [0, 0.1) is 0 Å². The SMILES string of the molecule is OCCCCCCCCCCCCCCC(O)CCO. The molecule has 0 aliphatic rings. The molecular weight excluding hydrogens is 252 g/mol. The first kappa shape index (κ1) is 19.9. The maximum Gasteiger partial charge on any atom is 0.0562 e. The van der Waals surface area contributed by atoms with Crippen LogP contribution >= 0.6 is 0 Å². The van der Waals surface area contributed by atoms with Crippen molar-refractivity contribution in [2.75, 3.05) is 13.2 Å². The minimum Gasteiger partial charge on any atom is -0.396 e. The van der Waals surface area contributed by atoms with E-state index in [9.17, 15) is 5.11 Å². The molecule has 0 rings (SSSR count). The Morgan fingerprint density at radius 3 is 1.25 bits per heavy atom. The van der Waals surface area contributed by atoms with Gasteiger partial charge in [0, 0.05) is 13.2 Å². The Balaban J connectivity index is 2.99. The van der Waals surface area contributed by atoms with Gasteiger partial charge in [0.05, 0.1) is 6.10 Å². The lowest BCUT2D eigenvalue weighted by atomic mass is 10.0. The van der Waals surface area contributed by atoms with E-state index in [1.165, 1.54) is 64.2 Å². The van der Waals surface area contributed by atoms with Crippen LogP contribution in [0.5, 0.6) is 0 Å². The molecule has 1 unspecified atom stereocenters. The van der Waals surface area contributed by atoms with Gasteiger partial charge in [-0.3, -0.25) is 0 Å². The van der Waals surface area contributed by atoms with Gasteiger partial charge in [0.15, 0.2) is 0 Å². The molecule has 0 amide bonds. The van der Waals surface area contributed by atoms with Gasteiger partial charge in [-0.1, -0.05) is 70.6 Å². The van der Waals surface area contributed by atoms with Crippen LogP contribution in [0.15, 0.2) is 0 Å². The van der Waals surface area contributed by atoms with Crippen LogP contribution in [0.4, 0.5) is 0 Å². The standard InChI is InChI=1S/C17H36O3/c18-15-12-10-8-6-4-2-1-3-5-7-9-11-13-17(20)14-16-19/h17-20H,1-16H2. The second-order valence-corrected chi connectivity index (χ2v) is 5.92. The van der Waals surface area contributed by atoms with E-state index in [4.69, 9.17) is 10.2 Å². The first-order chi connectivity index (χ1) is 9.81. The molecule has 0 aromatic carbocycles. The summed E-state index contributed by atoms with van der Waals surface area (Å²) in [5.41, 5.74) is 0. The van der Waals surface area contributed by atoms with E-state index in [0.29, 0.717) is 13.0 Å². The zero-order chi connectivity index (χ0) is 14.9. The number of rotatable bonds is 16. The highest BCUT2D eigenvalue weighted by Gasteiger charge is 2.02. The molecule has 3 heteroatoms. The Hall–Kier alpha value is -0.120. The summed E-state index contributed by atoms with van der Waals surface area (Å²) in [6.45, 7) is 0.443. The minimum atomic E-state index is -0.300. The summed E-state index contributed by atoms with van der Waals surface area (Å²) in [6, 6.07) is 0. The maximum absolute atomic E-state index is 9.45. The molecule has 0 bridgehead atoms. The lowest BCUT2D eigenvalue weighted by Crippen LogP contribution is -2.08. The Kier molecular flexibility index (Phi) is 16.8. The molecule has 3 nitrogen and oxygen atoms in total. The van der Waals surface area contributed by atoms with Gasteiger partial charge in [-0.2, -0.15) is 0 Å². The van der Waals surface area contributed by atoms with Crippen molar-refractivity contribution in [1.29, 1.82) is 0 Å². The molecule has 0 aromatic rings. The smallest absolute Gasteiger partial charge is 0.0562 e. The Morgan fingerprint density at radius 1 is 0.450 bits per heavy atom. The van der Waals surface area contributed by atoms with Gasteiger partial charge in [-0.05, 0) is 19.3 Å². The molecule has 0 saturated carbocycles. The highest BCUT2D eigenvalue weighted by Crippen LogP contribution is 2.13. The van der Waals surface area contributed by atoms with Crippen molar-refractivity contribution in [3.8, 4) is 0 Å². The van der Waals surface area contributed by atoms with Crippen LogP contribution in [0.2, 0.25) is 0 Å². The van der Waals surface area contributed by atoms with Crippen LogP contribution in [0.25, 0.3) is 0 Å². The molecule has 0 saturated heterocycles. The molecule has 0 aliphatic heterocycles. The molecule has 0 spiro atoms.